The van der Waals surface area contributed by atoms with Crippen molar-refractivity contribution >= 4 is 40.2 Å². The van der Waals surface area contributed by atoms with Gasteiger partial charge in [-0.2, -0.15) is 0 Å². The molecule has 1 saturated heterocycles. The first-order valence-corrected chi connectivity index (χ1v) is 10.3. The normalized spacial score (nSPS) is 15.0. The third-order valence-corrected chi connectivity index (χ3v) is 5.80. The maximum absolute atomic E-state index is 6.08. The minimum absolute atomic E-state index is 0. The molecule has 0 spiro atoms. The van der Waals surface area contributed by atoms with Crippen LogP contribution in [0.1, 0.15) is 31.2 Å². The van der Waals surface area contributed by atoms with E-state index in [4.69, 9.17) is 23.2 Å². The Bertz CT molecular complexity index is 510. The first-order chi connectivity index (χ1) is 12.0. The highest BCUT2D eigenvalue weighted by Crippen LogP contribution is 2.22. The molecule has 1 heterocycles. The molecule has 0 saturated carbocycles. The zero-order valence-corrected chi connectivity index (χ0v) is 19.4. The lowest BCUT2D eigenvalue weighted by Gasteiger charge is -2.21. The predicted octanol–water partition coefficient (Wildman–Crippen LogP) is 4.85. The lowest BCUT2D eigenvalue weighted by molar-refractivity contribution is 0.258. The highest BCUT2D eigenvalue weighted by Gasteiger charge is 2.10. The van der Waals surface area contributed by atoms with Crippen molar-refractivity contribution in [1.82, 2.24) is 14.7 Å². The Morgan fingerprint density at radius 2 is 1.50 bits per heavy atom. The smallest absolute Gasteiger partial charge is 0.0595 e. The van der Waals surface area contributed by atoms with Crippen LogP contribution in [0, 0.1) is 0 Å². The molecule has 1 aromatic carbocycles. The summed E-state index contributed by atoms with van der Waals surface area (Å²) in [5, 5.41) is 1.28. The summed E-state index contributed by atoms with van der Waals surface area (Å²) in [4.78, 5) is 7.48. The fraction of sp³-hybridized carbons (Fsp3) is 0.700. The number of rotatable bonds is 11. The zero-order valence-electron chi connectivity index (χ0n) is 16.2. The van der Waals surface area contributed by atoms with Crippen molar-refractivity contribution in [2.75, 3.05) is 59.9 Å². The third-order valence-electron chi connectivity index (χ3n) is 5.06. The summed E-state index contributed by atoms with van der Waals surface area (Å²) in [6, 6.07) is 5.93. The van der Waals surface area contributed by atoms with Gasteiger partial charge in [0, 0.05) is 6.54 Å². The van der Waals surface area contributed by atoms with E-state index in [1.807, 2.05) is 12.1 Å². The Labute approximate surface area is 180 Å². The molecule has 0 bridgehead atoms. The number of likely N-dealkylation sites (N-methyl/N-ethyl adjacent to an activating group) is 1. The Morgan fingerprint density at radius 1 is 0.885 bits per heavy atom. The van der Waals surface area contributed by atoms with Crippen LogP contribution in [0.3, 0.4) is 0 Å². The largest absolute Gasteiger partial charge is 0.306 e. The molecule has 0 N–H and O–H groups in total. The molecule has 1 fully saturated rings. The summed E-state index contributed by atoms with van der Waals surface area (Å²) in [5.74, 6) is 0. The van der Waals surface area contributed by atoms with Crippen molar-refractivity contribution in [3.05, 3.63) is 33.8 Å². The van der Waals surface area contributed by atoms with E-state index in [0.717, 1.165) is 19.5 Å². The molecule has 0 amide bonds. The van der Waals surface area contributed by atoms with Gasteiger partial charge in [-0.1, -0.05) is 29.3 Å². The van der Waals surface area contributed by atoms with Crippen molar-refractivity contribution in [2.45, 2.75) is 32.1 Å². The molecule has 0 aromatic heterocycles. The van der Waals surface area contributed by atoms with Gasteiger partial charge in [-0.15, -0.1) is 17.0 Å². The van der Waals surface area contributed by atoms with Crippen LogP contribution in [-0.4, -0.2) is 74.6 Å². The molecule has 2 rings (SSSR count). The van der Waals surface area contributed by atoms with Crippen LogP contribution >= 0.6 is 40.2 Å². The van der Waals surface area contributed by atoms with E-state index in [2.05, 4.69) is 34.9 Å². The molecule has 3 nitrogen and oxygen atoms in total. The van der Waals surface area contributed by atoms with Crippen LogP contribution in [0.25, 0.3) is 0 Å². The average Bonchev–Trinajstić information content (AvgIpc) is 3.09. The summed E-state index contributed by atoms with van der Waals surface area (Å²) in [6.07, 6.45) is 6.32. The summed E-state index contributed by atoms with van der Waals surface area (Å²) >= 11 is 12.0. The van der Waals surface area contributed by atoms with Crippen molar-refractivity contribution in [1.29, 1.82) is 0 Å². The minimum Gasteiger partial charge on any atom is -0.306 e. The minimum atomic E-state index is 0. The fourth-order valence-electron chi connectivity index (χ4n) is 3.42. The zero-order chi connectivity index (χ0) is 18.1. The standard InChI is InChI=1S/C20H33Cl2N3.BrH/c1-23(12-6-15-25-13-3-4-14-25)10-5-11-24(2)16-9-18-7-8-19(21)20(22)17-18;/h7-8,17H,3-6,9-16H2,1-2H3;1H. The number of benzene rings is 1. The summed E-state index contributed by atoms with van der Waals surface area (Å²) in [6.45, 7) is 8.48. The molecule has 1 aliphatic heterocycles. The van der Waals surface area contributed by atoms with Crippen LogP contribution in [0.2, 0.25) is 10.0 Å². The van der Waals surface area contributed by atoms with E-state index in [0.29, 0.717) is 10.0 Å². The Balaban J connectivity index is 0.00000338. The maximum Gasteiger partial charge on any atom is 0.0595 e. The molecule has 1 aliphatic rings. The van der Waals surface area contributed by atoms with Gasteiger partial charge in [0.05, 0.1) is 10.0 Å². The predicted molar refractivity (Wildman–Crippen MR) is 120 cm³/mol. The van der Waals surface area contributed by atoms with Gasteiger partial charge in [0.15, 0.2) is 0 Å². The number of hydrogen-bond acceptors (Lipinski definition) is 3. The summed E-state index contributed by atoms with van der Waals surface area (Å²) < 4.78 is 0. The van der Waals surface area contributed by atoms with Crippen molar-refractivity contribution in [3.8, 4) is 0 Å². The van der Waals surface area contributed by atoms with E-state index < -0.39 is 0 Å². The molecule has 6 heteroatoms. The van der Waals surface area contributed by atoms with Gasteiger partial charge in [0.2, 0.25) is 0 Å². The van der Waals surface area contributed by atoms with Crippen LogP contribution in [0.15, 0.2) is 18.2 Å². The van der Waals surface area contributed by atoms with Gasteiger partial charge < -0.3 is 14.7 Å². The van der Waals surface area contributed by atoms with E-state index in [1.165, 1.54) is 64.0 Å². The molecule has 26 heavy (non-hydrogen) atoms. The first-order valence-electron chi connectivity index (χ1n) is 9.58. The van der Waals surface area contributed by atoms with Crippen LogP contribution in [-0.2, 0) is 6.42 Å². The molecule has 0 atom stereocenters. The average molecular weight is 467 g/mol. The molecule has 0 aliphatic carbocycles. The van der Waals surface area contributed by atoms with E-state index >= 15 is 0 Å². The van der Waals surface area contributed by atoms with Crippen molar-refractivity contribution in [3.63, 3.8) is 0 Å². The topological polar surface area (TPSA) is 9.72 Å². The fourth-order valence-corrected chi connectivity index (χ4v) is 3.74. The third kappa shape index (κ3) is 9.38. The molecule has 150 valence electrons. The first kappa shape index (κ1) is 24.2. The van der Waals surface area contributed by atoms with Gasteiger partial charge in [0.1, 0.15) is 0 Å². The Hall–Kier alpha value is 0.160. The van der Waals surface area contributed by atoms with Gasteiger partial charge in [-0.25, -0.2) is 0 Å². The monoisotopic (exact) mass is 465 g/mol. The second-order valence-electron chi connectivity index (χ2n) is 7.36. The van der Waals surface area contributed by atoms with Gasteiger partial charge in [-0.05, 0) is 103 Å². The number of nitrogens with zero attached hydrogens (tertiary/aromatic N) is 3. The van der Waals surface area contributed by atoms with Crippen molar-refractivity contribution < 1.29 is 0 Å². The molecule has 0 radical (unpaired) electrons. The highest BCUT2D eigenvalue weighted by molar-refractivity contribution is 8.93. The lowest BCUT2D eigenvalue weighted by Crippen LogP contribution is -2.29. The van der Waals surface area contributed by atoms with Gasteiger partial charge in [0.25, 0.3) is 0 Å². The van der Waals surface area contributed by atoms with E-state index in [1.54, 1.807) is 0 Å². The quantitative estimate of drug-likeness (QED) is 0.461. The molecular formula is C20H34BrCl2N3. The number of halogens is 3. The Morgan fingerprint density at radius 3 is 2.15 bits per heavy atom. The molecule has 0 unspecified atom stereocenters. The van der Waals surface area contributed by atoms with Gasteiger partial charge >= 0.3 is 0 Å². The second-order valence-corrected chi connectivity index (χ2v) is 8.18. The number of likely N-dealkylation sites (tertiary alicyclic amines) is 1. The lowest BCUT2D eigenvalue weighted by atomic mass is 10.1. The van der Waals surface area contributed by atoms with E-state index in [-0.39, 0.29) is 17.0 Å². The Kier molecular flexibility index (Phi) is 12.4. The van der Waals surface area contributed by atoms with Gasteiger partial charge in [-0.3, -0.25) is 0 Å². The SMILES string of the molecule is Br.CN(CCCN(C)CCc1ccc(Cl)c(Cl)c1)CCCN1CCCC1. The second kappa shape index (κ2) is 13.4. The molecule has 1 aromatic rings. The van der Waals surface area contributed by atoms with Crippen LogP contribution in [0.5, 0.6) is 0 Å². The number of hydrogen-bond donors (Lipinski definition) is 0. The summed E-state index contributed by atoms with van der Waals surface area (Å²) in [7, 11) is 4.45. The summed E-state index contributed by atoms with van der Waals surface area (Å²) in [5.41, 5.74) is 1.25. The highest BCUT2D eigenvalue weighted by atomic mass is 79.9. The maximum atomic E-state index is 6.08. The van der Waals surface area contributed by atoms with E-state index in [9.17, 15) is 0 Å². The molecular weight excluding hydrogens is 433 g/mol. The van der Waals surface area contributed by atoms with Crippen molar-refractivity contribution in [2.24, 2.45) is 0 Å². The van der Waals surface area contributed by atoms with Crippen LogP contribution in [0.4, 0.5) is 0 Å². The van der Waals surface area contributed by atoms with Crippen LogP contribution < -0.4 is 0 Å².